The summed E-state index contributed by atoms with van der Waals surface area (Å²) in [6.07, 6.45) is 0. The Bertz CT molecular complexity index is 1500. The van der Waals surface area contributed by atoms with Crippen LogP contribution in [0.25, 0.3) is 16.6 Å². The van der Waals surface area contributed by atoms with E-state index in [4.69, 9.17) is 4.74 Å². The van der Waals surface area contributed by atoms with Gasteiger partial charge in [0.25, 0.3) is 11.1 Å². The van der Waals surface area contributed by atoms with Crippen molar-refractivity contribution in [1.82, 2.24) is 13.7 Å². The van der Waals surface area contributed by atoms with Gasteiger partial charge in [-0.25, -0.2) is 4.79 Å². The van der Waals surface area contributed by atoms with Gasteiger partial charge in [-0.3, -0.25) is 23.3 Å². The summed E-state index contributed by atoms with van der Waals surface area (Å²) in [6, 6.07) is 16.3. The molecule has 1 N–H and O–H groups in total. The highest BCUT2D eigenvalue weighted by atomic mass is 79.9. The van der Waals surface area contributed by atoms with E-state index in [1.165, 1.54) is 16.2 Å². The van der Waals surface area contributed by atoms with Crippen LogP contribution >= 0.6 is 15.9 Å². The number of benzene rings is 2. The first-order valence-corrected chi connectivity index (χ1v) is 11.1. The average Bonchev–Trinajstić information content (AvgIpc) is 2.82. The van der Waals surface area contributed by atoms with Gasteiger partial charge >= 0.3 is 5.69 Å². The highest BCUT2D eigenvalue weighted by Crippen LogP contribution is 2.26. The van der Waals surface area contributed by atoms with Crippen molar-refractivity contribution in [2.45, 2.75) is 13.5 Å². The summed E-state index contributed by atoms with van der Waals surface area (Å²) in [5.74, 6) is 0.309. The summed E-state index contributed by atoms with van der Waals surface area (Å²) in [7, 11) is 3.11. The minimum absolute atomic E-state index is 0.0799. The lowest BCUT2D eigenvalue weighted by Crippen LogP contribution is -2.42. The number of anilines is 2. The van der Waals surface area contributed by atoms with Gasteiger partial charge < -0.3 is 10.1 Å². The zero-order valence-electron chi connectivity index (χ0n) is 18.5. The predicted molar refractivity (Wildman–Crippen MR) is 133 cm³/mol. The molecule has 0 aliphatic rings. The first-order valence-electron chi connectivity index (χ1n) is 10.3. The number of aryl methyl sites for hydroxylation is 1. The van der Waals surface area contributed by atoms with Crippen LogP contribution in [0.1, 0.15) is 5.56 Å². The van der Waals surface area contributed by atoms with Crippen molar-refractivity contribution >= 4 is 38.3 Å². The number of pyridine rings is 1. The number of fused-ring (bicyclic) bond motifs is 1. The minimum Gasteiger partial charge on any atom is -0.383 e. The van der Waals surface area contributed by atoms with Crippen molar-refractivity contribution in [2.24, 2.45) is 7.05 Å². The van der Waals surface area contributed by atoms with Crippen molar-refractivity contribution < 1.29 is 4.74 Å². The molecule has 0 spiro atoms. The Morgan fingerprint density at radius 2 is 1.64 bits per heavy atom. The molecule has 2 aromatic heterocycles. The van der Waals surface area contributed by atoms with Crippen LogP contribution in [-0.4, -0.2) is 27.4 Å². The number of halogens is 1. The standard InChI is InChI=1S/C24H23BrN4O4/c1-15-20-19(21(27(2)22(15)30)26-17-11-9-16(25)10-12-17)23(31)28(13-14-33-3)24(32)29(20)18-7-5-4-6-8-18/h4-12,26H,13-14H2,1-3H3. The molecule has 2 heterocycles. The molecule has 9 heteroatoms. The number of nitrogens with one attached hydrogen (secondary N) is 1. The van der Waals surface area contributed by atoms with E-state index in [0.717, 1.165) is 9.04 Å². The van der Waals surface area contributed by atoms with Gasteiger partial charge in [-0.1, -0.05) is 34.1 Å². The Morgan fingerprint density at radius 1 is 0.970 bits per heavy atom. The lowest BCUT2D eigenvalue weighted by atomic mass is 10.1. The van der Waals surface area contributed by atoms with Gasteiger partial charge in [0.05, 0.1) is 24.4 Å². The molecule has 0 saturated carbocycles. The lowest BCUT2D eigenvalue weighted by Gasteiger charge is -2.20. The number of rotatable bonds is 6. The minimum atomic E-state index is -0.526. The first kappa shape index (κ1) is 22.8. The zero-order valence-corrected chi connectivity index (χ0v) is 20.0. The molecule has 0 fully saturated rings. The van der Waals surface area contributed by atoms with Crippen LogP contribution in [0.5, 0.6) is 0 Å². The molecular weight excluding hydrogens is 488 g/mol. The van der Waals surface area contributed by atoms with Gasteiger partial charge in [-0.15, -0.1) is 0 Å². The molecule has 0 atom stereocenters. The fraction of sp³-hybridized carbons (Fsp3) is 0.208. The third-order valence-corrected chi connectivity index (χ3v) is 6.06. The summed E-state index contributed by atoms with van der Waals surface area (Å²) >= 11 is 3.41. The maximum absolute atomic E-state index is 13.7. The Kier molecular flexibility index (Phi) is 6.35. The molecular formula is C24H23BrN4O4. The predicted octanol–water partition coefficient (Wildman–Crippen LogP) is 3.31. The summed E-state index contributed by atoms with van der Waals surface area (Å²) in [4.78, 5) is 40.3. The van der Waals surface area contributed by atoms with Crippen molar-refractivity contribution in [2.75, 3.05) is 19.0 Å². The van der Waals surface area contributed by atoms with Crippen LogP contribution in [0, 0.1) is 6.92 Å². The van der Waals surface area contributed by atoms with Crippen LogP contribution in [0.3, 0.4) is 0 Å². The van der Waals surface area contributed by atoms with Crippen LogP contribution < -0.4 is 22.1 Å². The zero-order chi connectivity index (χ0) is 23.7. The van der Waals surface area contributed by atoms with Gasteiger partial charge in [-0.2, -0.15) is 0 Å². The van der Waals surface area contributed by atoms with E-state index < -0.39 is 11.2 Å². The normalized spacial score (nSPS) is 11.2. The Morgan fingerprint density at radius 3 is 2.27 bits per heavy atom. The van der Waals surface area contributed by atoms with Crippen molar-refractivity contribution in [3.63, 3.8) is 0 Å². The van der Waals surface area contributed by atoms with E-state index in [1.54, 1.807) is 38.2 Å². The summed E-state index contributed by atoms with van der Waals surface area (Å²) < 4.78 is 10.0. The van der Waals surface area contributed by atoms with Crippen molar-refractivity contribution in [3.8, 4) is 5.69 Å². The van der Waals surface area contributed by atoms with E-state index in [1.807, 2.05) is 30.3 Å². The third kappa shape index (κ3) is 4.05. The maximum Gasteiger partial charge on any atom is 0.336 e. The first-order chi connectivity index (χ1) is 15.8. The largest absolute Gasteiger partial charge is 0.383 e. The number of nitrogens with zero attached hydrogens (tertiary/aromatic N) is 3. The van der Waals surface area contributed by atoms with Crippen LogP contribution in [0.2, 0.25) is 0 Å². The molecule has 170 valence electrons. The second kappa shape index (κ2) is 9.21. The maximum atomic E-state index is 13.7. The van der Waals surface area contributed by atoms with Crippen LogP contribution in [-0.2, 0) is 18.3 Å². The van der Waals surface area contributed by atoms with E-state index in [-0.39, 0.29) is 29.6 Å². The molecule has 0 aliphatic heterocycles. The van der Waals surface area contributed by atoms with Crippen LogP contribution in [0.4, 0.5) is 11.5 Å². The van der Waals surface area contributed by atoms with Gasteiger partial charge in [-0.05, 0) is 43.3 Å². The van der Waals surface area contributed by atoms with E-state index in [2.05, 4.69) is 21.2 Å². The number of ether oxygens (including phenoxy) is 1. The topological polar surface area (TPSA) is 87.3 Å². The highest BCUT2D eigenvalue weighted by Gasteiger charge is 2.23. The Balaban J connectivity index is 2.17. The quantitative estimate of drug-likeness (QED) is 0.429. The molecule has 33 heavy (non-hydrogen) atoms. The Hall–Kier alpha value is -3.43. The monoisotopic (exact) mass is 510 g/mol. The highest BCUT2D eigenvalue weighted by molar-refractivity contribution is 9.10. The number of para-hydroxylation sites is 1. The number of hydrogen-bond donors (Lipinski definition) is 1. The van der Waals surface area contributed by atoms with E-state index in [0.29, 0.717) is 22.8 Å². The number of aromatic nitrogens is 3. The van der Waals surface area contributed by atoms with Crippen LogP contribution in [0.15, 0.2) is 73.5 Å². The molecule has 0 bridgehead atoms. The molecule has 4 rings (SSSR count). The van der Waals surface area contributed by atoms with E-state index in [9.17, 15) is 14.4 Å². The van der Waals surface area contributed by atoms with Crippen molar-refractivity contribution in [3.05, 3.63) is 95.8 Å². The smallest absolute Gasteiger partial charge is 0.336 e. The van der Waals surface area contributed by atoms with E-state index >= 15 is 0 Å². The molecule has 0 radical (unpaired) electrons. The van der Waals surface area contributed by atoms with Gasteiger partial charge in [0, 0.05) is 29.9 Å². The summed E-state index contributed by atoms with van der Waals surface area (Å²) in [6.45, 7) is 1.90. The Labute approximate surface area is 197 Å². The molecule has 0 unspecified atom stereocenters. The second-order valence-corrected chi connectivity index (χ2v) is 8.51. The molecule has 0 amide bonds. The number of hydrogen-bond acceptors (Lipinski definition) is 5. The fourth-order valence-electron chi connectivity index (χ4n) is 3.85. The SMILES string of the molecule is COCCn1c(=O)c2c(Nc3ccc(Br)cc3)n(C)c(=O)c(C)c2n(-c2ccccc2)c1=O. The molecule has 0 aliphatic carbocycles. The number of methoxy groups -OCH3 is 1. The molecule has 2 aromatic carbocycles. The molecule has 0 saturated heterocycles. The van der Waals surface area contributed by atoms with Gasteiger partial charge in [0.1, 0.15) is 11.2 Å². The molecule has 4 aromatic rings. The summed E-state index contributed by atoms with van der Waals surface area (Å²) in [5.41, 5.74) is 0.529. The molecule has 8 nitrogen and oxygen atoms in total. The third-order valence-electron chi connectivity index (χ3n) is 5.53. The summed E-state index contributed by atoms with van der Waals surface area (Å²) in [5, 5.41) is 3.46. The fourth-order valence-corrected chi connectivity index (χ4v) is 4.12. The lowest BCUT2D eigenvalue weighted by molar-refractivity contribution is 0.184. The average molecular weight is 511 g/mol. The van der Waals surface area contributed by atoms with Crippen molar-refractivity contribution in [1.29, 1.82) is 0 Å². The van der Waals surface area contributed by atoms with Gasteiger partial charge in [0.2, 0.25) is 0 Å². The second-order valence-electron chi connectivity index (χ2n) is 7.60. The van der Waals surface area contributed by atoms with Gasteiger partial charge in [0.15, 0.2) is 0 Å².